The van der Waals surface area contributed by atoms with E-state index in [0.717, 1.165) is 10.7 Å². The molecule has 1 saturated heterocycles. The first-order valence-electron chi connectivity index (χ1n) is 9.95. The van der Waals surface area contributed by atoms with E-state index in [1.54, 1.807) is 23.7 Å². The molecule has 3 amide bonds. The van der Waals surface area contributed by atoms with E-state index in [2.05, 4.69) is 15.5 Å². The van der Waals surface area contributed by atoms with Gasteiger partial charge in [-0.2, -0.15) is 10.2 Å². The summed E-state index contributed by atoms with van der Waals surface area (Å²) < 4.78 is 14.9. The maximum atomic E-state index is 13.2. The Bertz CT molecular complexity index is 1170. The lowest BCUT2D eigenvalue weighted by Crippen LogP contribution is -2.43. The fraction of sp³-hybridized carbons (Fsp3) is 0.217. The van der Waals surface area contributed by atoms with Gasteiger partial charge in [-0.05, 0) is 50.1 Å². The average molecular weight is 419 g/mol. The molecular formula is C23H22FN5O2. The summed E-state index contributed by atoms with van der Waals surface area (Å²) in [5.41, 5.74) is 2.37. The zero-order valence-corrected chi connectivity index (χ0v) is 17.5. The summed E-state index contributed by atoms with van der Waals surface area (Å²) in [6.45, 7) is 5.50. The highest BCUT2D eigenvalue weighted by molar-refractivity contribution is 6.07. The van der Waals surface area contributed by atoms with Crippen LogP contribution in [0.5, 0.6) is 0 Å². The summed E-state index contributed by atoms with van der Waals surface area (Å²) in [5, 5.41) is 12.4. The second kappa shape index (κ2) is 7.79. The maximum absolute atomic E-state index is 13.2. The van der Waals surface area contributed by atoms with Crippen molar-refractivity contribution in [2.75, 3.05) is 0 Å². The molecule has 0 spiro atoms. The van der Waals surface area contributed by atoms with Crippen molar-refractivity contribution in [3.8, 4) is 5.69 Å². The van der Waals surface area contributed by atoms with Gasteiger partial charge in [0.25, 0.3) is 5.91 Å². The highest BCUT2D eigenvalue weighted by Gasteiger charge is 2.51. The number of aryl methyl sites for hydroxylation is 1. The van der Waals surface area contributed by atoms with Crippen LogP contribution in [0.25, 0.3) is 5.69 Å². The van der Waals surface area contributed by atoms with E-state index < -0.39 is 17.5 Å². The van der Waals surface area contributed by atoms with Gasteiger partial charge in [0, 0.05) is 5.56 Å². The third kappa shape index (κ3) is 3.39. The zero-order valence-electron chi connectivity index (χ0n) is 17.5. The molecule has 1 aromatic heterocycles. The topological polar surface area (TPSA) is 79.6 Å². The summed E-state index contributed by atoms with van der Waals surface area (Å²) in [6.07, 6.45) is 1.86. The number of hydrogen-bond donors (Lipinski definition) is 1. The predicted molar refractivity (Wildman–Crippen MR) is 114 cm³/mol. The molecule has 3 aromatic rings. The number of nitrogens with one attached hydrogen (secondary N) is 1. The van der Waals surface area contributed by atoms with E-state index in [1.807, 2.05) is 44.2 Å². The first-order valence-corrected chi connectivity index (χ1v) is 9.95. The lowest BCUT2D eigenvalue weighted by atomic mass is 9.87. The first-order chi connectivity index (χ1) is 14.9. The molecule has 1 aliphatic rings. The van der Waals surface area contributed by atoms with E-state index in [-0.39, 0.29) is 5.82 Å². The van der Waals surface area contributed by atoms with Gasteiger partial charge in [0.15, 0.2) is 0 Å². The number of imide groups is 1. The van der Waals surface area contributed by atoms with Gasteiger partial charge in [0.2, 0.25) is 0 Å². The van der Waals surface area contributed by atoms with Crippen LogP contribution in [0, 0.1) is 19.7 Å². The Morgan fingerprint density at radius 2 is 1.77 bits per heavy atom. The lowest BCUT2D eigenvalue weighted by Gasteiger charge is -2.24. The standard InChI is InChI=1S/C23H22FN5O2/c1-4-23(17-8-6-5-7-9-17)21(30)29(22(31)26-23)25-14-20-15(2)27-28(16(20)3)19-12-10-18(24)11-13-19/h5-14H,4H2,1-3H3,(H,26,31)/b25-14-/t23-/m0/s1. The molecule has 2 heterocycles. The Labute approximate surface area is 179 Å². The van der Waals surface area contributed by atoms with E-state index in [9.17, 15) is 14.0 Å². The van der Waals surface area contributed by atoms with Crippen molar-refractivity contribution in [2.24, 2.45) is 5.10 Å². The minimum Gasteiger partial charge on any atom is -0.318 e. The highest BCUT2D eigenvalue weighted by atomic mass is 19.1. The molecule has 0 unspecified atom stereocenters. The smallest absolute Gasteiger partial charge is 0.318 e. The molecule has 0 bridgehead atoms. The Balaban J connectivity index is 1.65. The molecule has 2 aromatic carbocycles. The Morgan fingerprint density at radius 1 is 1.10 bits per heavy atom. The van der Waals surface area contributed by atoms with Gasteiger partial charge in [-0.25, -0.2) is 13.9 Å². The maximum Gasteiger partial charge on any atom is 0.346 e. The number of nitrogens with zero attached hydrogens (tertiary/aromatic N) is 4. The van der Waals surface area contributed by atoms with Gasteiger partial charge in [-0.3, -0.25) is 4.79 Å². The second-order valence-corrected chi connectivity index (χ2v) is 7.39. The summed E-state index contributed by atoms with van der Waals surface area (Å²) >= 11 is 0. The Hall–Kier alpha value is -3.81. The van der Waals surface area contributed by atoms with Crippen molar-refractivity contribution in [1.82, 2.24) is 20.1 Å². The Kier molecular flexibility index (Phi) is 5.14. The minimum atomic E-state index is -1.14. The minimum absolute atomic E-state index is 0.330. The first kappa shape index (κ1) is 20.5. The SMILES string of the molecule is CC[C@@]1(c2ccccc2)NC(=O)N(/N=C\c2c(C)nn(-c3ccc(F)cc3)c2C)C1=O. The van der Waals surface area contributed by atoms with E-state index in [1.165, 1.54) is 18.3 Å². The summed E-state index contributed by atoms with van der Waals surface area (Å²) in [6, 6.07) is 14.5. The average Bonchev–Trinajstić information content (AvgIpc) is 3.20. The summed E-state index contributed by atoms with van der Waals surface area (Å²) in [4.78, 5) is 25.8. The number of benzene rings is 2. The lowest BCUT2D eigenvalue weighted by molar-refractivity contribution is -0.131. The molecule has 4 rings (SSSR count). The van der Waals surface area contributed by atoms with Gasteiger partial charge in [0.1, 0.15) is 11.4 Å². The van der Waals surface area contributed by atoms with Crippen LogP contribution in [0.2, 0.25) is 0 Å². The van der Waals surface area contributed by atoms with Gasteiger partial charge in [0.05, 0.1) is 23.3 Å². The number of carbonyl (C=O) groups is 2. The second-order valence-electron chi connectivity index (χ2n) is 7.39. The van der Waals surface area contributed by atoms with Crippen molar-refractivity contribution < 1.29 is 14.0 Å². The fourth-order valence-corrected chi connectivity index (χ4v) is 3.82. The largest absolute Gasteiger partial charge is 0.346 e. The molecule has 1 fully saturated rings. The van der Waals surface area contributed by atoms with Crippen molar-refractivity contribution in [3.63, 3.8) is 0 Å². The zero-order chi connectivity index (χ0) is 22.2. The van der Waals surface area contributed by atoms with E-state index >= 15 is 0 Å². The van der Waals surface area contributed by atoms with Crippen molar-refractivity contribution in [2.45, 2.75) is 32.7 Å². The normalized spacial score (nSPS) is 18.8. The van der Waals surface area contributed by atoms with Gasteiger partial charge in [-0.15, -0.1) is 5.01 Å². The monoisotopic (exact) mass is 419 g/mol. The van der Waals surface area contributed by atoms with Gasteiger partial charge in [-0.1, -0.05) is 37.3 Å². The Morgan fingerprint density at radius 3 is 2.42 bits per heavy atom. The molecule has 31 heavy (non-hydrogen) atoms. The van der Waals surface area contributed by atoms with Crippen molar-refractivity contribution in [1.29, 1.82) is 0 Å². The van der Waals surface area contributed by atoms with E-state index in [4.69, 9.17) is 0 Å². The number of halogens is 1. The van der Waals surface area contributed by atoms with Crippen LogP contribution in [-0.4, -0.2) is 32.9 Å². The third-order valence-electron chi connectivity index (χ3n) is 5.59. The number of amides is 3. The molecular weight excluding hydrogens is 397 g/mol. The summed E-state index contributed by atoms with van der Waals surface area (Å²) in [5.74, 6) is -0.757. The van der Waals surface area contributed by atoms with Crippen LogP contribution in [0.3, 0.4) is 0 Å². The number of hydrazone groups is 1. The number of aromatic nitrogens is 2. The molecule has 0 radical (unpaired) electrons. The van der Waals surface area contributed by atoms with Gasteiger partial charge < -0.3 is 5.32 Å². The highest BCUT2D eigenvalue weighted by Crippen LogP contribution is 2.32. The van der Waals surface area contributed by atoms with Gasteiger partial charge >= 0.3 is 6.03 Å². The van der Waals surface area contributed by atoms with Crippen LogP contribution < -0.4 is 5.32 Å². The number of carbonyl (C=O) groups excluding carboxylic acids is 2. The van der Waals surface area contributed by atoms with Crippen LogP contribution in [-0.2, 0) is 10.3 Å². The van der Waals surface area contributed by atoms with Crippen molar-refractivity contribution in [3.05, 3.63) is 82.9 Å². The molecule has 8 heteroatoms. The number of urea groups is 1. The molecule has 0 saturated carbocycles. The van der Waals surface area contributed by atoms with Crippen molar-refractivity contribution >= 4 is 18.2 Å². The molecule has 1 aliphatic heterocycles. The van der Waals surface area contributed by atoms with Crippen LogP contribution in [0.1, 0.15) is 35.9 Å². The number of rotatable bonds is 5. The third-order valence-corrected chi connectivity index (χ3v) is 5.59. The number of hydrogen-bond acceptors (Lipinski definition) is 4. The summed E-state index contributed by atoms with van der Waals surface area (Å²) in [7, 11) is 0. The van der Waals surface area contributed by atoms with Crippen LogP contribution in [0.4, 0.5) is 9.18 Å². The predicted octanol–water partition coefficient (Wildman–Crippen LogP) is 3.82. The fourth-order valence-electron chi connectivity index (χ4n) is 3.82. The van der Waals surface area contributed by atoms with Crippen LogP contribution >= 0.6 is 0 Å². The van der Waals surface area contributed by atoms with E-state index in [0.29, 0.717) is 28.9 Å². The molecule has 1 N–H and O–H groups in total. The molecule has 158 valence electrons. The van der Waals surface area contributed by atoms with Crippen LogP contribution in [0.15, 0.2) is 59.7 Å². The molecule has 7 nitrogen and oxygen atoms in total. The quantitative estimate of drug-likeness (QED) is 0.504. The molecule has 1 atom stereocenters. The molecule has 0 aliphatic carbocycles.